The third-order valence-electron chi connectivity index (χ3n) is 3.60. The van der Waals surface area contributed by atoms with Crippen molar-refractivity contribution in [3.05, 3.63) is 47.4 Å². The number of fused-ring (bicyclic) bond motifs is 1. The average molecular weight is 299 g/mol. The molecular formula is C16H17N3O3. The number of carbonyl (C=O) groups is 2. The summed E-state index contributed by atoms with van der Waals surface area (Å²) in [6.45, 7) is 0.256. The molecule has 0 radical (unpaired) electrons. The van der Waals surface area contributed by atoms with E-state index < -0.39 is 0 Å². The minimum absolute atomic E-state index is 0.0308. The fourth-order valence-electron chi connectivity index (χ4n) is 2.46. The molecule has 0 fully saturated rings. The van der Waals surface area contributed by atoms with Gasteiger partial charge >= 0.3 is 0 Å². The van der Waals surface area contributed by atoms with Gasteiger partial charge in [-0.05, 0) is 42.7 Å². The first-order chi connectivity index (χ1) is 10.7. The molecule has 2 heterocycles. The predicted octanol–water partition coefficient (Wildman–Crippen LogP) is 2.27. The normalized spacial score (nSPS) is 14.0. The lowest BCUT2D eigenvalue weighted by Crippen LogP contribution is -2.12. The first-order valence-electron chi connectivity index (χ1n) is 7.17. The fraction of sp³-hybridized carbons (Fsp3) is 0.250. The van der Waals surface area contributed by atoms with Gasteiger partial charge in [0.05, 0.1) is 12.1 Å². The number of nitrogens with one attached hydrogen (secondary N) is 2. The SMILES string of the molecule is NCc1cc(C(=O)Nc2ccc3c(c2)CCCC(=O)N3)co1. The highest BCUT2D eigenvalue weighted by Gasteiger charge is 2.15. The molecule has 0 unspecified atom stereocenters. The Morgan fingerprint density at radius 2 is 2.18 bits per heavy atom. The standard InChI is InChI=1S/C16H17N3O3/c17-8-13-7-11(9-22-13)16(21)18-12-4-5-14-10(6-12)2-1-3-15(20)19-14/h4-7,9H,1-3,8,17H2,(H,18,21)(H,19,20). The number of nitrogens with two attached hydrogens (primary N) is 1. The predicted molar refractivity (Wildman–Crippen MR) is 82.6 cm³/mol. The number of rotatable bonds is 3. The number of amides is 2. The van der Waals surface area contributed by atoms with Crippen LogP contribution in [0.25, 0.3) is 0 Å². The first-order valence-corrected chi connectivity index (χ1v) is 7.17. The Morgan fingerprint density at radius 1 is 1.32 bits per heavy atom. The Labute approximate surface area is 127 Å². The molecule has 6 heteroatoms. The maximum atomic E-state index is 12.1. The van der Waals surface area contributed by atoms with Gasteiger partial charge in [-0.1, -0.05) is 0 Å². The van der Waals surface area contributed by atoms with Crippen molar-refractivity contribution in [2.24, 2.45) is 5.73 Å². The van der Waals surface area contributed by atoms with Gasteiger partial charge in [0.1, 0.15) is 12.0 Å². The molecule has 4 N–H and O–H groups in total. The van der Waals surface area contributed by atoms with Crippen molar-refractivity contribution in [3.63, 3.8) is 0 Å². The van der Waals surface area contributed by atoms with Crippen LogP contribution in [0.15, 0.2) is 34.9 Å². The molecule has 1 aromatic heterocycles. The molecule has 0 spiro atoms. The zero-order valence-electron chi connectivity index (χ0n) is 12.0. The van der Waals surface area contributed by atoms with Crippen molar-refractivity contribution in [2.45, 2.75) is 25.8 Å². The fourth-order valence-corrected chi connectivity index (χ4v) is 2.46. The molecule has 1 aromatic carbocycles. The smallest absolute Gasteiger partial charge is 0.258 e. The summed E-state index contributed by atoms with van der Waals surface area (Å²) in [4.78, 5) is 23.7. The van der Waals surface area contributed by atoms with E-state index in [-0.39, 0.29) is 18.4 Å². The highest BCUT2D eigenvalue weighted by molar-refractivity contribution is 6.04. The van der Waals surface area contributed by atoms with Crippen LogP contribution < -0.4 is 16.4 Å². The second kappa shape index (κ2) is 6.03. The van der Waals surface area contributed by atoms with E-state index in [1.54, 1.807) is 12.1 Å². The molecule has 0 bridgehead atoms. The van der Waals surface area contributed by atoms with Gasteiger partial charge in [0.25, 0.3) is 5.91 Å². The first kappa shape index (κ1) is 14.3. The van der Waals surface area contributed by atoms with Crippen molar-refractivity contribution in [2.75, 3.05) is 10.6 Å². The minimum Gasteiger partial charge on any atom is -0.467 e. The second-order valence-electron chi connectivity index (χ2n) is 5.23. The monoisotopic (exact) mass is 299 g/mol. The van der Waals surface area contributed by atoms with Crippen LogP contribution in [0.5, 0.6) is 0 Å². The summed E-state index contributed by atoms with van der Waals surface area (Å²) in [6, 6.07) is 7.10. The van der Waals surface area contributed by atoms with Gasteiger partial charge in [0, 0.05) is 17.8 Å². The van der Waals surface area contributed by atoms with Crippen LogP contribution in [0.4, 0.5) is 11.4 Å². The second-order valence-corrected chi connectivity index (χ2v) is 5.23. The zero-order valence-corrected chi connectivity index (χ0v) is 12.0. The average Bonchev–Trinajstić information content (AvgIpc) is 2.91. The van der Waals surface area contributed by atoms with E-state index in [0.717, 1.165) is 24.1 Å². The van der Waals surface area contributed by atoms with Crippen LogP contribution in [-0.2, 0) is 17.8 Å². The lowest BCUT2D eigenvalue weighted by Gasteiger charge is -2.10. The number of benzene rings is 1. The van der Waals surface area contributed by atoms with Crippen LogP contribution in [0.3, 0.4) is 0 Å². The Hall–Kier alpha value is -2.60. The lowest BCUT2D eigenvalue weighted by molar-refractivity contribution is -0.116. The van der Waals surface area contributed by atoms with Gasteiger partial charge in [0.2, 0.25) is 5.91 Å². The largest absolute Gasteiger partial charge is 0.467 e. The highest BCUT2D eigenvalue weighted by Crippen LogP contribution is 2.25. The Balaban J connectivity index is 1.77. The van der Waals surface area contributed by atoms with Crippen LogP contribution in [0, 0.1) is 0 Å². The molecule has 0 saturated heterocycles. The molecule has 6 nitrogen and oxygen atoms in total. The summed E-state index contributed by atoms with van der Waals surface area (Å²) < 4.78 is 5.16. The zero-order chi connectivity index (χ0) is 15.5. The maximum absolute atomic E-state index is 12.1. The highest BCUT2D eigenvalue weighted by atomic mass is 16.3. The minimum atomic E-state index is -0.249. The Kier molecular flexibility index (Phi) is 3.93. The number of aryl methyl sites for hydroxylation is 1. The van der Waals surface area contributed by atoms with E-state index >= 15 is 0 Å². The third-order valence-corrected chi connectivity index (χ3v) is 3.60. The number of hydrogen-bond acceptors (Lipinski definition) is 4. The molecule has 0 saturated carbocycles. The van der Waals surface area contributed by atoms with E-state index in [9.17, 15) is 9.59 Å². The van der Waals surface area contributed by atoms with E-state index in [1.807, 2.05) is 12.1 Å². The van der Waals surface area contributed by atoms with Crippen LogP contribution >= 0.6 is 0 Å². The number of anilines is 2. The van der Waals surface area contributed by atoms with Gasteiger partial charge in [-0.25, -0.2) is 0 Å². The summed E-state index contributed by atoms with van der Waals surface area (Å²) in [5.41, 5.74) is 8.42. The van der Waals surface area contributed by atoms with Gasteiger partial charge in [-0.15, -0.1) is 0 Å². The lowest BCUT2D eigenvalue weighted by atomic mass is 10.1. The molecule has 1 aliphatic rings. The number of carbonyl (C=O) groups excluding carboxylic acids is 2. The Morgan fingerprint density at radius 3 is 2.95 bits per heavy atom. The summed E-state index contributed by atoms with van der Waals surface area (Å²) in [7, 11) is 0. The van der Waals surface area contributed by atoms with Crippen molar-refractivity contribution >= 4 is 23.2 Å². The van der Waals surface area contributed by atoms with Gasteiger partial charge in [0.15, 0.2) is 0 Å². The number of hydrogen-bond donors (Lipinski definition) is 3. The summed E-state index contributed by atoms with van der Waals surface area (Å²) >= 11 is 0. The molecule has 114 valence electrons. The molecule has 1 aliphatic heterocycles. The molecule has 22 heavy (non-hydrogen) atoms. The molecule has 2 amide bonds. The van der Waals surface area contributed by atoms with Crippen LogP contribution in [0.2, 0.25) is 0 Å². The van der Waals surface area contributed by atoms with Crippen molar-refractivity contribution in [1.29, 1.82) is 0 Å². The Bertz CT molecular complexity index is 721. The topological polar surface area (TPSA) is 97.4 Å². The van der Waals surface area contributed by atoms with E-state index in [2.05, 4.69) is 10.6 Å². The van der Waals surface area contributed by atoms with Crippen molar-refractivity contribution in [1.82, 2.24) is 0 Å². The number of furan rings is 1. The van der Waals surface area contributed by atoms with Crippen molar-refractivity contribution in [3.8, 4) is 0 Å². The van der Waals surface area contributed by atoms with Crippen LogP contribution in [0.1, 0.15) is 34.5 Å². The van der Waals surface area contributed by atoms with Gasteiger partial charge in [-0.3, -0.25) is 9.59 Å². The molecule has 0 atom stereocenters. The third kappa shape index (κ3) is 3.01. The van der Waals surface area contributed by atoms with E-state index in [0.29, 0.717) is 23.4 Å². The molecule has 2 aromatic rings. The quantitative estimate of drug-likeness (QED) is 0.809. The maximum Gasteiger partial charge on any atom is 0.258 e. The van der Waals surface area contributed by atoms with Crippen LogP contribution in [-0.4, -0.2) is 11.8 Å². The van der Waals surface area contributed by atoms with E-state index in [1.165, 1.54) is 6.26 Å². The molecule has 3 rings (SSSR count). The molecule has 0 aliphatic carbocycles. The molecular weight excluding hydrogens is 282 g/mol. The summed E-state index contributed by atoms with van der Waals surface area (Å²) in [5.74, 6) is 0.346. The van der Waals surface area contributed by atoms with Gasteiger partial charge in [-0.2, -0.15) is 0 Å². The van der Waals surface area contributed by atoms with Crippen molar-refractivity contribution < 1.29 is 14.0 Å². The summed E-state index contributed by atoms with van der Waals surface area (Å²) in [5, 5.41) is 5.69. The summed E-state index contributed by atoms with van der Waals surface area (Å²) in [6.07, 6.45) is 3.52. The van der Waals surface area contributed by atoms with E-state index in [4.69, 9.17) is 10.2 Å². The van der Waals surface area contributed by atoms with Gasteiger partial charge < -0.3 is 20.8 Å².